The Balaban J connectivity index is 1.50. The van der Waals surface area contributed by atoms with Crippen molar-refractivity contribution in [2.45, 2.75) is 46.7 Å². The van der Waals surface area contributed by atoms with Crippen LogP contribution in [-0.4, -0.2) is 25.5 Å². The van der Waals surface area contributed by atoms with E-state index in [-0.39, 0.29) is 11.5 Å². The number of thiophene rings is 1. The summed E-state index contributed by atoms with van der Waals surface area (Å²) in [5, 5.41) is 14.8. The van der Waals surface area contributed by atoms with Gasteiger partial charge in [-0.25, -0.2) is 9.36 Å². The molecule has 0 spiro atoms. The molecular weight excluding hydrogens is 410 g/mol. The first-order chi connectivity index (χ1) is 14.9. The first-order valence-electron chi connectivity index (χ1n) is 10.3. The van der Waals surface area contributed by atoms with Crippen LogP contribution >= 0.6 is 11.3 Å². The molecule has 1 N–H and O–H groups in total. The van der Waals surface area contributed by atoms with Gasteiger partial charge in [0, 0.05) is 17.8 Å². The van der Waals surface area contributed by atoms with E-state index in [0.29, 0.717) is 31.4 Å². The molecule has 1 aromatic carbocycles. The number of aromatic nitrogens is 4. The molecule has 4 aromatic rings. The van der Waals surface area contributed by atoms with Crippen molar-refractivity contribution < 1.29 is 4.79 Å². The van der Waals surface area contributed by atoms with Gasteiger partial charge in [-0.3, -0.25) is 9.59 Å². The van der Waals surface area contributed by atoms with E-state index >= 15 is 0 Å². The highest BCUT2D eigenvalue weighted by Gasteiger charge is 2.17. The number of hydrogen-bond acceptors (Lipinski definition) is 5. The summed E-state index contributed by atoms with van der Waals surface area (Å²) in [4.78, 5) is 26.2. The zero-order valence-corrected chi connectivity index (χ0v) is 18.7. The maximum absolute atomic E-state index is 13.0. The number of carbonyl (C=O) groups is 1. The van der Waals surface area contributed by atoms with Crippen LogP contribution in [-0.2, 0) is 17.9 Å². The van der Waals surface area contributed by atoms with Gasteiger partial charge in [-0.2, -0.15) is 10.2 Å². The summed E-state index contributed by atoms with van der Waals surface area (Å²) < 4.78 is 3.22. The molecule has 0 atom stereocenters. The summed E-state index contributed by atoms with van der Waals surface area (Å²) in [6.07, 6.45) is 0.874. The van der Waals surface area contributed by atoms with E-state index in [1.165, 1.54) is 4.68 Å². The summed E-state index contributed by atoms with van der Waals surface area (Å²) in [6.45, 7) is 6.78. The number of benzene rings is 1. The van der Waals surface area contributed by atoms with E-state index in [1.807, 2.05) is 62.5 Å². The second-order valence-electron chi connectivity index (χ2n) is 7.63. The number of hydrogen-bond donors (Lipinski definition) is 1. The number of fused-ring (bicyclic) bond motifs is 1. The largest absolute Gasteiger partial charge is 0.351 e. The Hall–Kier alpha value is -3.26. The molecule has 0 fully saturated rings. The quantitative estimate of drug-likeness (QED) is 0.480. The van der Waals surface area contributed by atoms with Crippen LogP contribution in [0.5, 0.6) is 0 Å². The van der Waals surface area contributed by atoms with Crippen molar-refractivity contribution in [2.24, 2.45) is 0 Å². The lowest BCUT2D eigenvalue weighted by Gasteiger charge is -2.07. The SMILES string of the molecule is Cc1ccc(-n2nc3c(=O)n(CCCC(=O)NCc4cccs4)nc(C)c3c2C)cc1. The molecule has 0 unspecified atom stereocenters. The standard InChI is InChI=1S/C23H25N5O2S/c1-15-8-10-18(11-9-15)28-17(3)21-16(2)25-27(23(30)22(21)26-28)12-4-7-20(29)24-14-19-6-5-13-31-19/h5-6,8-11,13H,4,7,12,14H2,1-3H3,(H,24,29). The molecular formula is C23H25N5O2S. The monoisotopic (exact) mass is 435 g/mol. The van der Waals surface area contributed by atoms with Gasteiger partial charge in [0.2, 0.25) is 5.91 Å². The third-order valence-electron chi connectivity index (χ3n) is 5.28. The van der Waals surface area contributed by atoms with Gasteiger partial charge in [0.1, 0.15) is 0 Å². The van der Waals surface area contributed by atoms with Crippen molar-refractivity contribution >= 4 is 28.1 Å². The molecule has 3 heterocycles. The highest BCUT2D eigenvalue weighted by atomic mass is 32.1. The number of rotatable bonds is 7. The predicted octanol–water partition coefficient (Wildman–Crippen LogP) is 3.67. The van der Waals surface area contributed by atoms with Crippen LogP contribution in [0.1, 0.15) is 34.7 Å². The first-order valence-corrected chi connectivity index (χ1v) is 11.1. The van der Waals surface area contributed by atoms with Crippen molar-refractivity contribution in [3.05, 3.63) is 74.0 Å². The maximum Gasteiger partial charge on any atom is 0.295 e. The van der Waals surface area contributed by atoms with Gasteiger partial charge in [0.15, 0.2) is 5.52 Å². The van der Waals surface area contributed by atoms with Crippen molar-refractivity contribution in [3.8, 4) is 5.69 Å². The van der Waals surface area contributed by atoms with Crippen LogP contribution in [0.4, 0.5) is 0 Å². The van der Waals surface area contributed by atoms with Crippen LogP contribution in [0, 0.1) is 20.8 Å². The number of nitrogens with one attached hydrogen (secondary N) is 1. The number of nitrogens with zero attached hydrogens (tertiary/aromatic N) is 4. The van der Waals surface area contributed by atoms with E-state index in [9.17, 15) is 9.59 Å². The van der Waals surface area contributed by atoms with Gasteiger partial charge in [0.05, 0.1) is 29.0 Å². The summed E-state index contributed by atoms with van der Waals surface area (Å²) in [7, 11) is 0. The van der Waals surface area contributed by atoms with Gasteiger partial charge < -0.3 is 5.32 Å². The van der Waals surface area contributed by atoms with Crippen LogP contribution in [0.2, 0.25) is 0 Å². The third kappa shape index (κ3) is 4.44. The Morgan fingerprint density at radius 1 is 1.10 bits per heavy atom. The van der Waals surface area contributed by atoms with E-state index in [1.54, 1.807) is 16.0 Å². The Morgan fingerprint density at radius 3 is 2.58 bits per heavy atom. The molecule has 7 nitrogen and oxygen atoms in total. The summed E-state index contributed by atoms with van der Waals surface area (Å²) in [5.41, 5.74) is 3.90. The smallest absolute Gasteiger partial charge is 0.295 e. The lowest BCUT2D eigenvalue weighted by atomic mass is 10.2. The Bertz CT molecular complexity index is 1270. The lowest BCUT2D eigenvalue weighted by Crippen LogP contribution is -2.26. The van der Waals surface area contributed by atoms with Gasteiger partial charge in [-0.1, -0.05) is 23.8 Å². The van der Waals surface area contributed by atoms with Gasteiger partial charge >= 0.3 is 0 Å². The predicted molar refractivity (Wildman–Crippen MR) is 123 cm³/mol. The van der Waals surface area contributed by atoms with Crippen molar-refractivity contribution in [2.75, 3.05) is 0 Å². The van der Waals surface area contributed by atoms with Gasteiger partial charge in [-0.15, -0.1) is 11.3 Å². The van der Waals surface area contributed by atoms with E-state index < -0.39 is 0 Å². The minimum absolute atomic E-state index is 0.0289. The average Bonchev–Trinajstić information content (AvgIpc) is 3.39. The summed E-state index contributed by atoms with van der Waals surface area (Å²) in [6, 6.07) is 12.0. The normalized spacial score (nSPS) is 11.2. The molecule has 0 bridgehead atoms. The fourth-order valence-electron chi connectivity index (χ4n) is 3.65. The zero-order valence-electron chi connectivity index (χ0n) is 17.9. The lowest BCUT2D eigenvalue weighted by molar-refractivity contribution is -0.121. The van der Waals surface area contributed by atoms with Gasteiger partial charge in [0.25, 0.3) is 5.56 Å². The molecule has 3 aromatic heterocycles. The van der Waals surface area contributed by atoms with Crippen LogP contribution < -0.4 is 10.9 Å². The molecule has 0 aliphatic heterocycles. The molecule has 0 saturated carbocycles. The first kappa shape index (κ1) is 21.0. The van der Waals surface area contributed by atoms with E-state index in [4.69, 9.17) is 0 Å². The van der Waals surface area contributed by atoms with Crippen molar-refractivity contribution in [3.63, 3.8) is 0 Å². The Labute approximate surface area is 184 Å². The Kier molecular flexibility index (Phi) is 5.99. The average molecular weight is 436 g/mol. The fourth-order valence-corrected chi connectivity index (χ4v) is 4.29. The van der Waals surface area contributed by atoms with Crippen LogP contribution in [0.3, 0.4) is 0 Å². The molecule has 0 saturated heterocycles. The highest BCUT2D eigenvalue weighted by molar-refractivity contribution is 7.09. The van der Waals surface area contributed by atoms with E-state index in [2.05, 4.69) is 15.5 Å². The third-order valence-corrected chi connectivity index (χ3v) is 6.15. The Morgan fingerprint density at radius 2 is 1.87 bits per heavy atom. The zero-order chi connectivity index (χ0) is 22.0. The molecule has 0 aliphatic carbocycles. The molecule has 0 radical (unpaired) electrons. The van der Waals surface area contributed by atoms with Crippen LogP contribution in [0.25, 0.3) is 16.6 Å². The number of aryl methyl sites for hydroxylation is 4. The molecule has 4 rings (SSSR count). The van der Waals surface area contributed by atoms with E-state index in [0.717, 1.165) is 32.9 Å². The molecule has 1 amide bonds. The molecule has 0 aliphatic rings. The van der Waals surface area contributed by atoms with Gasteiger partial charge in [-0.05, 0) is 50.8 Å². The molecule has 160 valence electrons. The summed E-state index contributed by atoms with van der Waals surface area (Å²) >= 11 is 1.61. The second-order valence-corrected chi connectivity index (χ2v) is 8.66. The number of amides is 1. The maximum atomic E-state index is 13.0. The molecule has 31 heavy (non-hydrogen) atoms. The van der Waals surface area contributed by atoms with Crippen molar-refractivity contribution in [1.82, 2.24) is 24.9 Å². The second kappa shape index (κ2) is 8.85. The fraction of sp³-hybridized carbons (Fsp3) is 0.304. The topological polar surface area (TPSA) is 81.8 Å². The minimum Gasteiger partial charge on any atom is -0.351 e. The highest BCUT2D eigenvalue weighted by Crippen LogP contribution is 2.21. The minimum atomic E-state index is -0.228. The number of carbonyl (C=O) groups excluding carboxylic acids is 1. The van der Waals surface area contributed by atoms with Crippen molar-refractivity contribution in [1.29, 1.82) is 0 Å². The van der Waals surface area contributed by atoms with Crippen LogP contribution in [0.15, 0.2) is 46.6 Å². The summed E-state index contributed by atoms with van der Waals surface area (Å²) in [5.74, 6) is -0.0289. The molecule has 8 heteroatoms.